The number of benzene rings is 2. The molecule has 6 nitrogen and oxygen atoms in total. The summed E-state index contributed by atoms with van der Waals surface area (Å²) in [5, 5.41) is 12.6. The van der Waals surface area contributed by atoms with Gasteiger partial charge in [0, 0.05) is 14.8 Å². The largest absolute Gasteiger partial charge is 0.495 e. The summed E-state index contributed by atoms with van der Waals surface area (Å²) in [6.07, 6.45) is 1.44. The summed E-state index contributed by atoms with van der Waals surface area (Å²) >= 11 is 6.00. The molecule has 0 amide bonds. The molecule has 1 aliphatic heterocycles. The molecule has 1 atom stereocenters. The maximum Gasteiger partial charge on any atom is 0.247 e. The van der Waals surface area contributed by atoms with Crippen molar-refractivity contribution < 1.29 is 9.47 Å². The third-order valence-electron chi connectivity index (χ3n) is 4.04. The number of anilines is 1. The fourth-order valence-corrected chi connectivity index (χ4v) is 5.27. The number of hydrogen-bond donors (Lipinski definition) is 1. The molecule has 0 saturated heterocycles. The molecule has 0 aliphatic carbocycles. The van der Waals surface area contributed by atoms with E-state index in [1.165, 1.54) is 11.8 Å². The molecule has 1 aromatic heterocycles. The Morgan fingerprint density at radius 3 is 2.78 bits per heavy atom. The molecule has 1 N–H and O–H groups in total. The van der Waals surface area contributed by atoms with Crippen LogP contribution in [0.4, 0.5) is 5.69 Å². The SMILES string of the molecule is COc1c(I)cc(I)cc1[C@H]1Nc2ccccc2-c2nnc(SC)nc2O1. The van der Waals surface area contributed by atoms with E-state index in [2.05, 4.69) is 77.8 Å². The first-order valence-electron chi connectivity index (χ1n) is 7.95. The second kappa shape index (κ2) is 7.95. The molecule has 3 aromatic rings. The molecule has 0 radical (unpaired) electrons. The van der Waals surface area contributed by atoms with Crippen molar-refractivity contribution in [3.63, 3.8) is 0 Å². The number of thioether (sulfide) groups is 1. The Morgan fingerprint density at radius 2 is 2.00 bits per heavy atom. The van der Waals surface area contributed by atoms with Crippen LogP contribution in [0.5, 0.6) is 11.6 Å². The maximum absolute atomic E-state index is 6.30. The molecule has 0 unspecified atom stereocenters. The lowest BCUT2D eigenvalue weighted by Crippen LogP contribution is -2.18. The van der Waals surface area contributed by atoms with E-state index in [0.717, 1.165) is 29.7 Å². The molecule has 0 saturated carbocycles. The molecule has 138 valence electrons. The quantitative estimate of drug-likeness (QED) is 0.334. The molecule has 0 bridgehead atoms. The zero-order valence-electron chi connectivity index (χ0n) is 14.4. The van der Waals surface area contributed by atoms with E-state index < -0.39 is 6.23 Å². The molecule has 0 fully saturated rings. The minimum atomic E-state index is -0.475. The number of hydrogen-bond acceptors (Lipinski definition) is 7. The summed E-state index contributed by atoms with van der Waals surface area (Å²) in [6.45, 7) is 0. The topological polar surface area (TPSA) is 69.2 Å². The Morgan fingerprint density at radius 1 is 1.19 bits per heavy atom. The lowest BCUT2D eigenvalue weighted by Gasteiger charge is -2.22. The van der Waals surface area contributed by atoms with Crippen molar-refractivity contribution in [2.45, 2.75) is 11.4 Å². The number of rotatable bonds is 3. The van der Waals surface area contributed by atoms with E-state index in [1.807, 2.05) is 30.5 Å². The van der Waals surface area contributed by atoms with E-state index >= 15 is 0 Å². The van der Waals surface area contributed by atoms with E-state index in [9.17, 15) is 0 Å². The van der Waals surface area contributed by atoms with Gasteiger partial charge >= 0.3 is 0 Å². The number of nitrogens with one attached hydrogen (secondary N) is 1. The molecule has 1 aliphatic rings. The van der Waals surface area contributed by atoms with Crippen LogP contribution in [0.3, 0.4) is 0 Å². The predicted molar refractivity (Wildman–Crippen MR) is 122 cm³/mol. The molecular formula is C18H14I2N4O2S. The molecule has 9 heteroatoms. The van der Waals surface area contributed by atoms with Gasteiger partial charge in [-0.15, -0.1) is 10.2 Å². The first-order chi connectivity index (χ1) is 13.1. The number of ether oxygens (including phenoxy) is 2. The standard InChI is InChI=1S/C18H14I2N4O2S/c1-25-15-11(7-9(19)8-12(15)20)16-21-13-6-4-3-5-10(13)14-17(26-16)22-18(27-2)24-23-14/h3-8,16,21H,1-2H3/t16-/m0/s1. The van der Waals surface area contributed by atoms with Crippen molar-refractivity contribution in [2.24, 2.45) is 0 Å². The molecule has 0 spiro atoms. The van der Waals surface area contributed by atoms with Gasteiger partial charge in [0.15, 0.2) is 5.69 Å². The fraction of sp³-hybridized carbons (Fsp3) is 0.167. The Hall–Kier alpha value is -1.34. The number of nitrogens with zero attached hydrogens (tertiary/aromatic N) is 3. The van der Waals surface area contributed by atoms with Crippen molar-refractivity contribution in [1.29, 1.82) is 0 Å². The van der Waals surface area contributed by atoms with Gasteiger partial charge in [0.05, 0.1) is 16.2 Å². The highest BCUT2D eigenvalue weighted by molar-refractivity contribution is 14.1. The van der Waals surface area contributed by atoms with E-state index in [4.69, 9.17) is 9.47 Å². The average molecular weight is 604 g/mol. The molecule has 2 aromatic carbocycles. The zero-order chi connectivity index (χ0) is 19.0. The maximum atomic E-state index is 6.30. The third-order valence-corrected chi connectivity index (χ3v) is 6.00. The van der Waals surface area contributed by atoms with Crippen LogP contribution in [0, 0.1) is 7.14 Å². The highest BCUT2D eigenvalue weighted by Gasteiger charge is 2.28. The number of fused-ring (bicyclic) bond motifs is 3. The van der Waals surface area contributed by atoms with Crippen molar-refractivity contribution in [2.75, 3.05) is 18.7 Å². The third kappa shape index (κ3) is 3.68. The van der Waals surface area contributed by atoms with E-state index in [1.54, 1.807) is 7.11 Å². The molecule has 4 rings (SSSR count). The molecular weight excluding hydrogens is 590 g/mol. The predicted octanol–water partition coefficient (Wildman–Crippen LogP) is 4.98. The first-order valence-corrected chi connectivity index (χ1v) is 11.3. The summed E-state index contributed by atoms with van der Waals surface area (Å²) in [7, 11) is 1.67. The Balaban J connectivity index is 1.90. The zero-order valence-corrected chi connectivity index (χ0v) is 19.5. The summed E-state index contributed by atoms with van der Waals surface area (Å²) in [4.78, 5) is 4.55. The van der Waals surface area contributed by atoms with Gasteiger partial charge in [-0.1, -0.05) is 30.0 Å². The van der Waals surface area contributed by atoms with Crippen LogP contribution >= 0.6 is 56.9 Å². The lowest BCUT2D eigenvalue weighted by atomic mass is 10.1. The summed E-state index contributed by atoms with van der Waals surface area (Å²) in [6, 6.07) is 12.0. The van der Waals surface area contributed by atoms with Gasteiger partial charge < -0.3 is 14.8 Å². The van der Waals surface area contributed by atoms with Gasteiger partial charge in [0.25, 0.3) is 0 Å². The summed E-state index contributed by atoms with van der Waals surface area (Å²) in [5.41, 5.74) is 3.34. The Labute approximate surface area is 188 Å². The first kappa shape index (κ1) is 19.0. The van der Waals surface area contributed by atoms with Gasteiger partial charge in [-0.05, 0) is 69.6 Å². The number of halogens is 2. The van der Waals surface area contributed by atoms with Gasteiger partial charge in [-0.2, -0.15) is 4.98 Å². The second-order valence-electron chi connectivity index (χ2n) is 5.65. The normalized spacial score (nSPS) is 15.0. The van der Waals surface area contributed by atoms with Crippen LogP contribution in [-0.2, 0) is 0 Å². The van der Waals surface area contributed by atoms with Crippen molar-refractivity contribution in [1.82, 2.24) is 15.2 Å². The van der Waals surface area contributed by atoms with Crippen LogP contribution in [-0.4, -0.2) is 28.5 Å². The highest BCUT2D eigenvalue weighted by atomic mass is 127. The Bertz CT molecular complexity index is 1020. The lowest BCUT2D eigenvalue weighted by molar-refractivity contribution is 0.219. The van der Waals surface area contributed by atoms with Gasteiger partial charge in [0.2, 0.25) is 17.3 Å². The van der Waals surface area contributed by atoms with Crippen molar-refractivity contribution in [3.05, 3.63) is 49.1 Å². The van der Waals surface area contributed by atoms with Crippen LogP contribution in [0.1, 0.15) is 11.8 Å². The number of para-hydroxylation sites is 1. The number of aromatic nitrogens is 3. The van der Waals surface area contributed by atoms with Gasteiger partial charge in [-0.25, -0.2) is 0 Å². The molecule has 27 heavy (non-hydrogen) atoms. The van der Waals surface area contributed by atoms with Crippen molar-refractivity contribution in [3.8, 4) is 22.9 Å². The highest BCUT2D eigenvalue weighted by Crippen LogP contribution is 2.42. The minimum Gasteiger partial charge on any atom is -0.495 e. The van der Waals surface area contributed by atoms with Crippen LogP contribution in [0.2, 0.25) is 0 Å². The smallest absolute Gasteiger partial charge is 0.247 e. The summed E-state index contributed by atoms with van der Waals surface area (Å²) < 4.78 is 14.1. The molecule has 2 heterocycles. The number of methoxy groups -OCH3 is 1. The van der Waals surface area contributed by atoms with Crippen LogP contribution in [0.15, 0.2) is 41.6 Å². The monoisotopic (exact) mass is 604 g/mol. The van der Waals surface area contributed by atoms with Gasteiger partial charge in [-0.3, -0.25) is 0 Å². The fourth-order valence-electron chi connectivity index (χ4n) is 2.86. The van der Waals surface area contributed by atoms with Crippen LogP contribution < -0.4 is 14.8 Å². The van der Waals surface area contributed by atoms with E-state index in [-0.39, 0.29) is 0 Å². The average Bonchev–Trinajstić information content (AvgIpc) is 2.83. The van der Waals surface area contributed by atoms with Crippen molar-refractivity contribution >= 4 is 62.6 Å². The van der Waals surface area contributed by atoms with Gasteiger partial charge in [0.1, 0.15) is 5.75 Å². The second-order valence-corrected chi connectivity index (χ2v) is 8.83. The minimum absolute atomic E-state index is 0.452. The summed E-state index contributed by atoms with van der Waals surface area (Å²) in [5.74, 6) is 1.23. The Kier molecular flexibility index (Phi) is 5.60. The van der Waals surface area contributed by atoms with Crippen LogP contribution in [0.25, 0.3) is 11.3 Å². The van der Waals surface area contributed by atoms with E-state index in [0.29, 0.717) is 16.7 Å².